The predicted molar refractivity (Wildman–Crippen MR) is 113 cm³/mol. The first kappa shape index (κ1) is 21.0. The van der Waals surface area contributed by atoms with Crippen molar-refractivity contribution in [3.63, 3.8) is 0 Å². The molecule has 2 aliphatic rings. The van der Waals surface area contributed by atoms with Gasteiger partial charge in [0, 0.05) is 45.1 Å². The molecule has 0 spiro atoms. The molecule has 9 nitrogen and oxygen atoms in total. The van der Waals surface area contributed by atoms with Crippen LogP contribution in [-0.2, 0) is 36.0 Å². The van der Waals surface area contributed by atoms with Crippen molar-refractivity contribution in [2.45, 2.75) is 57.7 Å². The summed E-state index contributed by atoms with van der Waals surface area (Å²) in [5, 5.41) is 14.1. The first-order valence-electron chi connectivity index (χ1n) is 10.7. The molecule has 1 aliphatic heterocycles. The van der Waals surface area contributed by atoms with Crippen LogP contribution in [0.15, 0.2) is 24.3 Å². The van der Waals surface area contributed by atoms with E-state index in [4.69, 9.17) is 0 Å². The van der Waals surface area contributed by atoms with Gasteiger partial charge in [-0.2, -0.15) is 0 Å². The molecule has 1 saturated heterocycles. The molecule has 31 heavy (non-hydrogen) atoms. The van der Waals surface area contributed by atoms with Crippen LogP contribution >= 0.6 is 0 Å². The third-order valence-corrected chi connectivity index (χ3v) is 6.10. The summed E-state index contributed by atoms with van der Waals surface area (Å²) in [7, 11) is 1.89. The average Bonchev–Trinajstić information content (AvgIpc) is 3.39. The van der Waals surface area contributed by atoms with Crippen LogP contribution in [0.1, 0.15) is 53.5 Å². The van der Waals surface area contributed by atoms with E-state index in [1.54, 1.807) is 21.7 Å². The highest BCUT2D eigenvalue weighted by Gasteiger charge is 2.36. The van der Waals surface area contributed by atoms with E-state index in [-0.39, 0.29) is 23.8 Å². The Hall–Kier alpha value is -3.23. The van der Waals surface area contributed by atoms with E-state index >= 15 is 0 Å². The summed E-state index contributed by atoms with van der Waals surface area (Å²) in [6.45, 7) is 2.47. The molecule has 2 aromatic rings. The molecule has 9 heteroatoms. The molecule has 1 fully saturated rings. The lowest BCUT2D eigenvalue weighted by Crippen LogP contribution is -2.50. The zero-order valence-corrected chi connectivity index (χ0v) is 17.9. The number of hydrogen-bond acceptors (Lipinski definition) is 5. The van der Waals surface area contributed by atoms with Crippen LogP contribution in [-0.4, -0.2) is 56.2 Å². The summed E-state index contributed by atoms with van der Waals surface area (Å²) in [5.41, 5.74) is 3.54. The SMILES string of the molecule is CC(=O)NCc1ccc(C(=O)N2CCCC2C(=O)NC2CCc3c(nnn3C)C2)cc1. The monoisotopic (exact) mass is 424 g/mol. The Balaban J connectivity index is 1.37. The predicted octanol–water partition coefficient (Wildman–Crippen LogP) is 0.730. The minimum absolute atomic E-state index is 0.0160. The number of carbonyl (C=O) groups excluding carboxylic acids is 3. The Morgan fingerprint density at radius 1 is 1.16 bits per heavy atom. The van der Waals surface area contributed by atoms with Crippen LogP contribution in [0.3, 0.4) is 0 Å². The number of fused-ring (bicyclic) bond motifs is 1. The van der Waals surface area contributed by atoms with Gasteiger partial charge in [-0.1, -0.05) is 17.3 Å². The smallest absolute Gasteiger partial charge is 0.254 e. The molecule has 2 N–H and O–H groups in total. The Labute approximate surface area is 181 Å². The second-order valence-corrected chi connectivity index (χ2v) is 8.32. The molecule has 0 bridgehead atoms. The number of likely N-dealkylation sites (tertiary alicyclic amines) is 1. The quantitative estimate of drug-likeness (QED) is 0.736. The van der Waals surface area contributed by atoms with Crippen LogP contribution in [0.5, 0.6) is 0 Å². The van der Waals surface area contributed by atoms with Crippen molar-refractivity contribution in [3.05, 3.63) is 46.8 Å². The van der Waals surface area contributed by atoms with Gasteiger partial charge in [-0.25, -0.2) is 0 Å². The van der Waals surface area contributed by atoms with Gasteiger partial charge < -0.3 is 15.5 Å². The van der Waals surface area contributed by atoms with Gasteiger partial charge in [0.25, 0.3) is 5.91 Å². The molecule has 1 aliphatic carbocycles. The van der Waals surface area contributed by atoms with Crippen molar-refractivity contribution in [3.8, 4) is 0 Å². The first-order valence-corrected chi connectivity index (χ1v) is 10.7. The minimum atomic E-state index is -0.449. The van der Waals surface area contributed by atoms with Gasteiger partial charge in [-0.05, 0) is 43.4 Å². The number of nitrogens with one attached hydrogen (secondary N) is 2. The summed E-state index contributed by atoms with van der Waals surface area (Å²) in [4.78, 5) is 38.8. The molecule has 0 radical (unpaired) electrons. The van der Waals surface area contributed by atoms with Crippen molar-refractivity contribution >= 4 is 17.7 Å². The lowest BCUT2D eigenvalue weighted by molar-refractivity contribution is -0.125. The third kappa shape index (κ3) is 4.60. The van der Waals surface area contributed by atoms with E-state index in [9.17, 15) is 14.4 Å². The molecule has 3 amide bonds. The molecule has 1 aromatic heterocycles. The summed E-state index contributed by atoms with van der Waals surface area (Å²) in [6, 6.07) is 6.73. The number of nitrogens with zero attached hydrogens (tertiary/aromatic N) is 4. The number of carbonyl (C=O) groups is 3. The molecule has 2 heterocycles. The summed E-state index contributed by atoms with van der Waals surface area (Å²) < 4.78 is 1.80. The van der Waals surface area contributed by atoms with Crippen molar-refractivity contribution < 1.29 is 14.4 Å². The highest BCUT2D eigenvalue weighted by Crippen LogP contribution is 2.23. The van der Waals surface area contributed by atoms with Gasteiger partial charge in [0.2, 0.25) is 11.8 Å². The normalized spacial score (nSPS) is 20.3. The molecule has 2 unspecified atom stereocenters. The largest absolute Gasteiger partial charge is 0.352 e. The van der Waals surface area contributed by atoms with Crippen LogP contribution < -0.4 is 10.6 Å². The summed E-state index contributed by atoms with van der Waals surface area (Å²) >= 11 is 0. The number of rotatable bonds is 5. The number of amides is 3. The maximum absolute atomic E-state index is 13.1. The van der Waals surface area contributed by atoms with Crippen molar-refractivity contribution in [2.75, 3.05) is 6.54 Å². The lowest BCUT2D eigenvalue weighted by atomic mass is 9.95. The van der Waals surface area contributed by atoms with Crippen LogP contribution in [0.4, 0.5) is 0 Å². The standard InChI is InChI=1S/C22H28N6O3/c1-14(29)23-13-15-5-7-16(8-6-15)22(31)28-11-3-4-20(28)21(30)24-17-9-10-19-18(12-17)25-26-27(19)2/h5-8,17,20H,3-4,9-13H2,1-2H3,(H,23,29)(H,24,30). The number of aromatic nitrogens is 3. The molecular weight excluding hydrogens is 396 g/mol. The molecule has 1 aromatic carbocycles. The van der Waals surface area contributed by atoms with E-state index in [1.807, 2.05) is 19.2 Å². The van der Waals surface area contributed by atoms with Gasteiger partial charge >= 0.3 is 0 Å². The average molecular weight is 425 g/mol. The van der Waals surface area contributed by atoms with E-state index in [1.165, 1.54) is 6.92 Å². The molecule has 164 valence electrons. The highest BCUT2D eigenvalue weighted by atomic mass is 16.2. The number of hydrogen-bond donors (Lipinski definition) is 2. The van der Waals surface area contributed by atoms with Gasteiger partial charge in [0.05, 0.1) is 11.4 Å². The molecule has 2 atom stereocenters. The summed E-state index contributed by atoms with van der Waals surface area (Å²) in [5.74, 6) is -0.325. The van der Waals surface area contributed by atoms with Crippen molar-refractivity contribution in [2.24, 2.45) is 7.05 Å². The Morgan fingerprint density at radius 3 is 2.68 bits per heavy atom. The molecular formula is C22H28N6O3. The number of benzene rings is 1. The minimum Gasteiger partial charge on any atom is -0.352 e. The van der Waals surface area contributed by atoms with Crippen molar-refractivity contribution in [1.29, 1.82) is 0 Å². The number of aryl methyl sites for hydroxylation is 1. The zero-order valence-electron chi connectivity index (χ0n) is 17.9. The summed E-state index contributed by atoms with van der Waals surface area (Å²) in [6.07, 6.45) is 3.83. The second kappa shape index (κ2) is 8.87. The van der Waals surface area contributed by atoms with Crippen molar-refractivity contribution in [1.82, 2.24) is 30.5 Å². The fourth-order valence-corrected chi connectivity index (χ4v) is 4.39. The van der Waals surface area contributed by atoms with E-state index in [0.29, 0.717) is 31.5 Å². The van der Waals surface area contributed by atoms with Gasteiger partial charge in [-0.3, -0.25) is 19.1 Å². The van der Waals surface area contributed by atoms with Crippen LogP contribution in [0.2, 0.25) is 0 Å². The van der Waals surface area contributed by atoms with E-state index in [2.05, 4.69) is 20.9 Å². The van der Waals surface area contributed by atoms with Gasteiger partial charge in [0.15, 0.2) is 0 Å². The first-order chi connectivity index (χ1) is 14.9. The maximum Gasteiger partial charge on any atom is 0.254 e. The van der Waals surface area contributed by atoms with Crippen LogP contribution in [0, 0.1) is 0 Å². The zero-order chi connectivity index (χ0) is 22.0. The van der Waals surface area contributed by atoms with E-state index in [0.717, 1.165) is 36.2 Å². The van der Waals surface area contributed by atoms with Crippen LogP contribution in [0.25, 0.3) is 0 Å². The fraction of sp³-hybridized carbons (Fsp3) is 0.500. The fourth-order valence-electron chi connectivity index (χ4n) is 4.39. The molecule has 4 rings (SSSR count). The Kier molecular flexibility index (Phi) is 6.01. The Morgan fingerprint density at radius 2 is 1.94 bits per heavy atom. The Bertz CT molecular complexity index is 984. The second-order valence-electron chi connectivity index (χ2n) is 8.32. The highest BCUT2D eigenvalue weighted by molar-refractivity contribution is 5.98. The maximum atomic E-state index is 13.1. The molecule has 0 saturated carbocycles. The van der Waals surface area contributed by atoms with E-state index < -0.39 is 6.04 Å². The topological polar surface area (TPSA) is 109 Å². The third-order valence-electron chi connectivity index (χ3n) is 6.10. The lowest BCUT2D eigenvalue weighted by Gasteiger charge is -2.28. The van der Waals surface area contributed by atoms with Gasteiger partial charge in [0.1, 0.15) is 6.04 Å². The van der Waals surface area contributed by atoms with Gasteiger partial charge in [-0.15, -0.1) is 5.10 Å².